The molecule has 0 aromatic heterocycles. The molecule has 8 fully saturated rings. The molecule has 6 nitrogen and oxygen atoms in total. The Morgan fingerprint density at radius 1 is 0.780 bits per heavy atom. The van der Waals surface area contributed by atoms with Gasteiger partial charge in [-0.2, -0.15) is 0 Å². The second kappa shape index (κ2) is 9.39. The van der Waals surface area contributed by atoms with Crippen LogP contribution in [0.4, 0.5) is 13.6 Å². The summed E-state index contributed by atoms with van der Waals surface area (Å²) in [5.74, 6) is -1.93. The average molecular weight is 597 g/mol. The molecule has 4 unspecified atom stereocenters. The predicted molar refractivity (Wildman–Crippen MR) is 152 cm³/mol. The summed E-state index contributed by atoms with van der Waals surface area (Å²) >= 11 is 0. The first-order chi connectivity index (χ1) is 18.8. The van der Waals surface area contributed by atoms with Gasteiger partial charge in [-0.1, -0.05) is 20.8 Å². The van der Waals surface area contributed by atoms with E-state index in [0.717, 1.165) is 45.4 Å². The quantitative estimate of drug-likeness (QED) is 0.209. The largest absolute Gasteiger partial charge is 0.508 e. The van der Waals surface area contributed by atoms with E-state index in [1.807, 2.05) is 0 Å². The smallest absolute Gasteiger partial charge is 0.459 e. The van der Waals surface area contributed by atoms with Gasteiger partial charge in [-0.3, -0.25) is 4.79 Å². The summed E-state index contributed by atoms with van der Waals surface area (Å²) in [6.07, 6.45) is 9.93. The Balaban J connectivity index is 1.11. The Morgan fingerprint density at radius 2 is 1.32 bits per heavy atom. The molecule has 0 aliphatic heterocycles. The maximum Gasteiger partial charge on any atom is 0.508 e. The van der Waals surface area contributed by atoms with Gasteiger partial charge in [-0.25, -0.2) is 13.6 Å². The van der Waals surface area contributed by atoms with Crippen LogP contribution in [0.1, 0.15) is 105 Å². The highest BCUT2D eigenvalue weighted by atomic mass is 28.4. The number of hydrogen-bond donors (Lipinski definition) is 0. The Bertz CT molecular complexity index is 1050. The molecule has 8 aliphatic carbocycles. The Hall–Kier alpha value is -1.22. The normalized spacial score (nSPS) is 42.8. The number of carbonyl (C=O) groups excluding carboxylic acids is 2. The minimum atomic E-state index is -3.07. The van der Waals surface area contributed by atoms with Crippen LogP contribution in [0.15, 0.2) is 0 Å². The van der Waals surface area contributed by atoms with E-state index in [0.29, 0.717) is 50.5 Å². The van der Waals surface area contributed by atoms with Crippen LogP contribution in [0.3, 0.4) is 0 Å². The third-order valence-electron chi connectivity index (χ3n) is 12.1. The van der Waals surface area contributed by atoms with Crippen molar-refractivity contribution >= 4 is 20.4 Å². The van der Waals surface area contributed by atoms with Crippen molar-refractivity contribution in [3.8, 4) is 0 Å². The van der Waals surface area contributed by atoms with E-state index >= 15 is 0 Å². The second-order valence-electron chi connectivity index (χ2n) is 17.2. The molecule has 0 N–H and O–H groups in total. The second-order valence-corrected chi connectivity index (χ2v) is 21.9. The number of alkyl halides is 2. The highest BCUT2D eigenvalue weighted by molar-refractivity contribution is 6.74. The van der Waals surface area contributed by atoms with Crippen LogP contribution in [0.5, 0.6) is 0 Å². The summed E-state index contributed by atoms with van der Waals surface area (Å²) in [4.78, 5) is 26.4. The molecule has 9 heteroatoms. The van der Waals surface area contributed by atoms with Gasteiger partial charge < -0.3 is 18.6 Å². The molecule has 0 amide bonds. The van der Waals surface area contributed by atoms with Crippen LogP contribution in [0, 0.1) is 34.5 Å². The Morgan fingerprint density at radius 3 is 1.85 bits per heavy atom. The molecule has 8 saturated carbocycles. The lowest BCUT2D eigenvalue weighted by atomic mass is 9.48. The van der Waals surface area contributed by atoms with Crippen LogP contribution < -0.4 is 0 Å². The van der Waals surface area contributed by atoms with Crippen LogP contribution in [0.2, 0.25) is 18.1 Å². The van der Waals surface area contributed by atoms with Crippen LogP contribution in [0.25, 0.3) is 0 Å². The number of esters is 1. The zero-order valence-corrected chi connectivity index (χ0v) is 26.9. The summed E-state index contributed by atoms with van der Waals surface area (Å²) in [6.45, 7) is 11.8. The zero-order chi connectivity index (χ0) is 29.7. The van der Waals surface area contributed by atoms with Gasteiger partial charge in [0.2, 0.25) is 0 Å². The highest BCUT2D eigenvalue weighted by Crippen LogP contribution is 2.65. The molecular formula is C32H50F2O6Si. The van der Waals surface area contributed by atoms with Crippen LogP contribution in [-0.2, 0) is 23.4 Å². The first-order valence-corrected chi connectivity index (χ1v) is 18.8. The number of ether oxygens (including phenoxy) is 3. The van der Waals surface area contributed by atoms with Gasteiger partial charge in [-0.15, -0.1) is 0 Å². The van der Waals surface area contributed by atoms with Gasteiger partial charge in [0.05, 0.1) is 11.0 Å². The molecule has 0 saturated heterocycles. The highest BCUT2D eigenvalue weighted by Gasteiger charge is 2.64. The van der Waals surface area contributed by atoms with E-state index in [2.05, 4.69) is 33.9 Å². The summed E-state index contributed by atoms with van der Waals surface area (Å²) in [5.41, 5.74) is -1.79. The number of rotatable bonds is 8. The van der Waals surface area contributed by atoms with Crippen molar-refractivity contribution in [3.63, 3.8) is 0 Å². The Labute approximate surface area is 245 Å². The molecule has 232 valence electrons. The van der Waals surface area contributed by atoms with Gasteiger partial charge in [0.1, 0.15) is 12.2 Å². The zero-order valence-electron chi connectivity index (χ0n) is 25.9. The Kier molecular flexibility index (Phi) is 6.83. The fraction of sp³-hybridized carbons (Fsp3) is 0.938. The van der Waals surface area contributed by atoms with E-state index in [1.54, 1.807) is 0 Å². The lowest BCUT2D eigenvalue weighted by molar-refractivity contribution is -0.208. The van der Waals surface area contributed by atoms with Gasteiger partial charge in [0.25, 0.3) is 5.92 Å². The predicted octanol–water partition coefficient (Wildman–Crippen LogP) is 8.04. The molecule has 0 heterocycles. The maximum absolute atomic E-state index is 13.4. The summed E-state index contributed by atoms with van der Waals surface area (Å²) in [5, 5.41) is 0.142. The van der Waals surface area contributed by atoms with Gasteiger partial charge in [0, 0.05) is 18.8 Å². The topological polar surface area (TPSA) is 71.1 Å². The lowest BCUT2D eigenvalue weighted by Crippen LogP contribution is -2.62. The summed E-state index contributed by atoms with van der Waals surface area (Å²) < 4.78 is 51.3. The van der Waals surface area contributed by atoms with Crippen LogP contribution >= 0.6 is 0 Å². The number of carbonyl (C=O) groups is 2. The average Bonchev–Trinajstić information content (AvgIpc) is 2.77. The first-order valence-electron chi connectivity index (χ1n) is 15.9. The molecule has 0 aromatic carbocycles. The van der Waals surface area contributed by atoms with Crippen molar-refractivity contribution < 1.29 is 37.0 Å². The third kappa shape index (κ3) is 5.60. The van der Waals surface area contributed by atoms with E-state index in [4.69, 9.17) is 18.6 Å². The van der Waals surface area contributed by atoms with Crippen molar-refractivity contribution in [2.45, 2.75) is 140 Å². The fourth-order valence-corrected chi connectivity index (χ4v) is 12.3. The van der Waals surface area contributed by atoms with Crippen molar-refractivity contribution in [1.29, 1.82) is 0 Å². The summed E-state index contributed by atoms with van der Waals surface area (Å²) in [7, 11) is -1.96. The van der Waals surface area contributed by atoms with Crippen molar-refractivity contribution in [2.24, 2.45) is 34.5 Å². The molecule has 8 bridgehead atoms. The van der Waals surface area contributed by atoms with Crippen molar-refractivity contribution in [3.05, 3.63) is 0 Å². The molecular weight excluding hydrogens is 546 g/mol. The molecule has 4 atom stereocenters. The van der Waals surface area contributed by atoms with E-state index in [-0.39, 0.29) is 27.9 Å². The molecule has 0 aromatic rings. The number of hydrogen-bond acceptors (Lipinski definition) is 6. The molecule has 0 radical (unpaired) electrons. The summed E-state index contributed by atoms with van der Waals surface area (Å²) in [6, 6.07) is 0. The standard InChI is InChI=1S/C32H50F2O6Si/c1-27(2,3)41(5,6)40-32-15-21-7-22(16-32)10-29(9-21,17-32)20-38-26(36)39-31-13-23-8-24(14-31)12-30(11-23,18-31)25(35)37-19-28(4,33)34/h21-24H,7-20H2,1-6H3. The molecule has 8 aliphatic rings. The lowest BCUT2D eigenvalue weighted by Gasteiger charge is -2.63. The molecule has 41 heavy (non-hydrogen) atoms. The van der Waals surface area contributed by atoms with Gasteiger partial charge in [0.15, 0.2) is 14.9 Å². The fourth-order valence-electron chi connectivity index (χ4n) is 10.6. The molecule has 0 spiro atoms. The van der Waals surface area contributed by atoms with Gasteiger partial charge >= 0.3 is 12.1 Å². The SMILES string of the molecule is CC(F)(F)COC(=O)C12CC3CC(CC(OC(=O)OCC45CC6CC(C4)CC(O[Si](C)(C)C(C)(C)C)(C6)C5)(C3)C1)C2. The van der Waals surface area contributed by atoms with E-state index < -0.39 is 44.0 Å². The molecule has 8 rings (SSSR count). The monoisotopic (exact) mass is 596 g/mol. The number of halogens is 2. The van der Waals surface area contributed by atoms with E-state index in [1.165, 1.54) is 6.42 Å². The minimum Gasteiger partial charge on any atom is -0.459 e. The van der Waals surface area contributed by atoms with Gasteiger partial charge in [-0.05, 0) is 112 Å². The van der Waals surface area contributed by atoms with E-state index in [9.17, 15) is 18.4 Å². The van der Waals surface area contributed by atoms with Crippen molar-refractivity contribution in [1.82, 2.24) is 0 Å². The van der Waals surface area contributed by atoms with Crippen LogP contribution in [-0.4, -0.2) is 50.8 Å². The van der Waals surface area contributed by atoms with Crippen molar-refractivity contribution in [2.75, 3.05) is 13.2 Å². The third-order valence-corrected chi connectivity index (χ3v) is 16.7. The first kappa shape index (κ1) is 29.8. The maximum atomic E-state index is 13.4. The minimum absolute atomic E-state index is 0.0661.